The van der Waals surface area contributed by atoms with Gasteiger partial charge < -0.3 is 9.47 Å². The predicted molar refractivity (Wildman–Crippen MR) is 76.3 cm³/mol. The van der Waals surface area contributed by atoms with E-state index in [1.807, 2.05) is 12.1 Å². The topological polar surface area (TPSA) is 77.1 Å². The Hall–Kier alpha value is -2.81. The number of benzene rings is 1. The highest BCUT2D eigenvalue weighted by atomic mass is 16.5. The molecule has 2 rings (SSSR count). The average molecular weight is 285 g/mol. The Bertz CT molecular complexity index is 687. The molecule has 0 saturated heterocycles. The molecule has 0 radical (unpaired) electrons. The van der Waals surface area contributed by atoms with Crippen LogP contribution in [0.4, 0.5) is 0 Å². The van der Waals surface area contributed by atoms with Gasteiger partial charge in [-0.05, 0) is 17.7 Å². The molecule has 0 aliphatic carbocycles. The highest BCUT2D eigenvalue weighted by Crippen LogP contribution is 2.12. The van der Waals surface area contributed by atoms with Gasteiger partial charge in [0.15, 0.2) is 0 Å². The van der Waals surface area contributed by atoms with Crippen LogP contribution in [0.3, 0.4) is 0 Å². The Morgan fingerprint density at radius 1 is 1.24 bits per heavy atom. The van der Waals surface area contributed by atoms with E-state index < -0.39 is 0 Å². The zero-order valence-corrected chi connectivity index (χ0v) is 11.7. The van der Waals surface area contributed by atoms with Crippen molar-refractivity contribution >= 4 is 0 Å². The van der Waals surface area contributed by atoms with Crippen LogP contribution in [0.2, 0.25) is 0 Å². The van der Waals surface area contributed by atoms with Crippen LogP contribution in [0, 0.1) is 11.3 Å². The molecule has 2 aromatic rings. The summed E-state index contributed by atoms with van der Waals surface area (Å²) in [5, 5.41) is 12.6. The second-order valence-corrected chi connectivity index (χ2v) is 4.26. The van der Waals surface area contributed by atoms with E-state index in [2.05, 4.69) is 11.2 Å². The molecule has 0 aliphatic rings. The molecule has 0 N–H and O–H groups in total. The number of rotatable bonds is 6. The number of methoxy groups -OCH3 is 1. The Morgan fingerprint density at radius 2 is 2.00 bits per heavy atom. The van der Waals surface area contributed by atoms with Gasteiger partial charge in [-0.15, -0.1) is 5.10 Å². The quantitative estimate of drug-likeness (QED) is 0.801. The summed E-state index contributed by atoms with van der Waals surface area (Å²) in [6, 6.07) is 12.3. The van der Waals surface area contributed by atoms with Crippen molar-refractivity contribution < 1.29 is 9.47 Å². The van der Waals surface area contributed by atoms with Crippen LogP contribution in [0.15, 0.2) is 41.2 Å². The van der Waals surface area contributed by atoms with Gasteiger partial charge in [0.25, 0.3) is 5.56 Å². The third-order valence-electron chi connectivity index (χ3n) is 2.83. The standard InChI is InChI=1S/C15H15N3O3/c1-20-14-6-7-15(19)18(17-14)10-11-21-13-4-2-12(3-5-13)8-9-16/h2-7H,8,10-11H2,1H3. The summed E-state index contributed by atoms with van der Waals surface area (Å²) in [7, 11) is 1.50. The lowest BCUT2D eigenvalue weighted by Gasteiger charge is -2.08. The molecule has 1 aromatic heterocycles. The van der Waals surface area contributed by atoms with Crippen molar-refractivity contribution in [2.24, 2.45) is 0 Å². The van der Waals surface area contributed by atoms with Crippen LogP contribution >= 0.6 is 0 Å². The number of nitriles is 1. The maximum absolute atomic E-state index is 11.6. The predicted octanol–water partition coefficient (Wildman–Crippen LogP) is 1.40. The average Bonchev–Trinajstić information content (AvgIpc) is 2.51. The normalized spacial score (nSPS) is 9.90. The first-order chi connectivity index (χ1) is 10.2. The lowest BCUT2D eigenvalue weighted by molar-refractivity contribution is 0.282. The summed E-state index contributed by atoms with van der Waals surface area (Å²) in [4.78, 5) is 11.6. The van der Waals surface area contributed by atoms with Gasteiger partial charge in [-0.25, -0.2) is 4.68 Å². The molecule has 1 heterocycles. The minimum absolute atomic E-state index is 0.205. The molecule has 0 fully saturated rings. The summed E-state index contributed by atoms with van der Waals surface area (Å²) in [6.45, 7) is 0.646. The van der Waals surface area contributed by atoms with E-state index in [4.69, 9.17) is 14.7 Å². The number of ether oxygens (including phenoxy) is 2. The van der Waals surface area contributed by atoms with E-state index >= 15 is 0 Å². The first-order valence-electron chi connectivity index (χ1n) is 6.44. The second-order valence-electron chi connectivity index (χ2n) is 4.26. The molecule has 0 bridgehead atoms. The van der Waals surface area contributed by atoms with Crippen LogP contribution in [-0.2, 0) is 13.0 Å². The molecule has 6 nitrogen and oxygen atoms in total. The van der Waals surface area contributed by atoms with Crippen molar-refractivity contribution in [3.05, 3.63) is 52.3 Å². The van der Waals surface area contributed by atoms with Crippen molar-refractivity contribution in [2.75, 3.05) is 13.7 Å². The van der Waals surface area contributed by atoms with Crippen LogP contribution in [0.25, 0.3) is 0 Å². The third-order valence-corrected chi connectivity index (χ3v) is 2.83. The van der Waals surface area contributed by atoms with Crippen molar-refractivity contribution in [1.82, 2.24) is 9.78 Å². The first-order valence-corrected chi connectivity index (χ1v) is 6.44. The van der Waals surface area contributed by atoms with Crippen molar-refractivity contribution in [2.45, 2.75) is 13.0 Å². The van der Waals surface area contributed by atoms with Crippen LogP contribution < -0.4 is 15.0 Å². The van der Waals surface area contributed by atoms with Crippen molar-refractivity contribution in [3.8, 4) is 17.7 Å². The summed E-state index contributed by atoms with van der Waals surface area (Å²) in [6.07, 6.45) is 0.378. The molecule has 6 heteroatoms. The summed E-state index contributed by atoms with van der Waals surface area (Å²) >= 11 is 0. The minimum Gasteiger partial charge on any atom is -0.492 e. The molecule has 108 valence electrons. The van der Waals surface area contributed by atoms with Gasteiger partial charge in [-0.1, -0.05) is 12.1 Å². The van der Waals surface area contributed by atoms with Crippen molar-refractivity contribution in [1.29, 1.82) is 5.26 Å². The van der Waals surface area contributed by atoms with Gasteiger partial charge in [0.05, 0.1) is 26.1 Å². The van der Waals surface area contributed by atoms with Gasteiger partial charge in [0.1, 0.15) is 12.4 Å². The smallest absolute Gasteiger partial charge is 0.267 e. The SMILES string of the molecule is COc1ccc(=O)n(CCOc2ccc(CC#N)cc2)n1. The molecule has 0 spiro atoms. The Morgan fingerprint density at radius 3 is 2.67 bits per heavy atom. The summed E-state index contributed by atoms with van der Waals surface area (Å²) in [5.41, 5.74) is 0.735. The zero-order chi connectivity index (χ0) is 15.1. The molecule has 0 unspecified atom stereocenters. The van der Waals surface area contributed by atoms with Gasteiger partial charge in [0, 0.05) is 12.1 Å². The van der Waals surface area contributed by atoms with Crippen molar-refractivity contribution in [3.63, 3.8) is 0 Å². The van der Waals surface area contributed by atoms with Gasteiger partial charge in [-0.2, -0.15) is 5.26 Å². The monoisotopic (exact) mass is 285 g/mol. The molecular weight excluding hydrogens is 270 g/mol. The second kappa shape index (κ2) is 7.10. The third kappa shape index (κ3) is 4.08. The number of hydrogen-bond acceptors (Lipinski definition) is 5. The summed E-state index contributed by atoms with van der Waals surface area (Å²) < 4.78 is 11.8. The maximum Gasteiger partial charge on any atom is 0.267 e. The fourth-order valence-corrected chi connectivity index (χ4v) is 1.74. The van der Waals surface area contributed by atoms with Crippen LogP contribution in [0.1, 0.15) is 5.56 Å². The first kappa shape index (κ1) is 14.6. The lowest BCUT2D eigenvalue weighted by atomic mass is 10.2. The molecule has 1 aromatic carbocycles. The zero-order valence-electron chi connectivity index (χ0n) is 11.7. The lowest BCUT2D eigenvalue weighted by Crippen LogP contribution is -2.25. The molecule has 0 saturated carbocycles. The largest absolute Gasteiger partial charge is 0.492 e. The highest BCUT2D eigenvalue weighted by Gasteiger charge is 2.01. The molecule has 0 amide bonds. The summed E-state index contributed by atoms with van der Waals surface area (Å²) in [5.74, 6) is 1.07. The van der Waals surface area contributed by atoms with E-state index in [-0.39, 0.29) is 5.56 Å². The number of aromatic nitrogens is 2. The minimum atomic E-state index is -0.205. The Balaban J connectivity index is 1.92. The molecular formula is C15H15N3O3. The Kier molecular flexibility index (Phi) is 4.94. The van der Waals surface area contributed by atoms with Crippen LogP contribution in [0.5, 0.6) is 11.6 Å². The number of hydrogen-bond donors (Lipinski definition) is 0. The van der Waals surface area contributed by atoms with Gasteiger partial charge in [-0.3, -0.25) is 4.79 Å². The van der Waals surface area contributed by atoms with E-state index in [0.29, 0.717) is 31.2 Å². The van der Waals surface area contributed by atoms with Crippen LogP contribution in [-0.4, -0.2) is 23.5 Å². The Labute approximate surface area is 122 Å². The van der Waals surface area contributed by atoms with E-state index in [1.165, 1.54) is 23.9 Å². The maximum atomic E-state index is 11.6. The fourth-order valence-electron chi connectivity index (χ4n) is 1.74. The van der Waals surface area contributed by atoms with Gasteiger partial charge >= 0.3 is 0 Å². The molecule has 21 heavy (non-hydrogen) atoms. The molecule has 0 aliphatic heterocycles. The van der Waals surface area contributed by atoms with E-state index in [0.717, 1.165) is 5.56 Å². The van der Waals surface area contributed by atoms with E-state index in [9.17, 15) is 4.79 Å². The van der Waals surface area contributed by atoms with Gasteiger partial charge in [0.2, 0.25) is 5.88 Å². The molecule has 0 atom stereocenters. The number of nitrogens with zero attached hydrogens (tertiary/aromatic N) is 3. The highest BCUT2D eigenvalue weighted by molar-refractivity contribution is 5.28. The fraction of sp³-hybridized carbons (Fsp3) is 0.267. The van der Waals surface area contributed by atoms with E-state index in [1.54, 1.807) is 12.1 Å².